The molecule has 0 unspecified atom stereocenters. The van der Waals surface area contributed by atoms with Gasteiger partial charge < -0.3 is 10.2 Å². The maximum atomic E-state index is 9.91. The Morgan fingerprint density at radius 2 is 1.92 bits per heavy atom. The van der Waals surface area contributed by atoms with E-state index in [0.29, 0.717) is 0 Å². The van der Waals surface area contributed by atoms with Crippen LogP contribution in [0.4, 0.5) is 0 Å². The summed E-state index contributed by atoms with van der Waals surface area (Å²) in [4.78, 5) is 0. The van der Waals surface area contributed by atoms with E-state index in [9.17, 15) is 5.11 Å². The van der Waals surface area contributed by atoms with Crippen LogP contribution in [0.15, 0.2) is 0 Å². The average molecular weight is 190 g/mol. The van der Waals surface area contributed by atoms with Crippen LogP contribution in [0.5, 0.6) is 0 Å². The van der Waals surface area contributed by atoms with Gasteiger partial charge in [-0.2, -0.15) is 11.8 Å². The molecule has 1 saturated carbocycles. The molecule has 1 rings (SSSR count). The van der Waals surface area contributed by atoms with Crippen LogP contribution in [0.25, 0.3) is 0 Å². The van der Waals surface area contributed by atoms with E-state index in [0.717, 1.165) is 30.8 Å². The standard InChI is InChI=1S/C9H18O2S/c10-6-3-7-12-8-9(11)4-1-2-5-9/h10-11H,1-8H2. The van der Waals surface area contributed by atoms with Crippen LogP contribution in [0, 0.1) is 0 Å². The Labute approximate surface area is 78.4 Å². The van der Waals surface area contributed by atoms with Crippen molar-refractivity contribution in [2.24, 2.45) is 0 Å². The Morgan fingerprint density at radius 1 is 1.25 bits per heavy atom. The maximum absolute atomic E-state index is 9.91. The molecule has 0 aromatic carbocycles. The van der Waals surface area contributed by atoms with Crippen molar-refractivity contribution in [1.82, 2.24) is 0 Å². The van der Waals surface area contributed by atoms with Gasteiger partial charge in [-0.15, -0.1) is 0 Å². The quantitative estimate of drug-likeness (QED) is 0.644. The molecule has 2 N–H and O–H groups in total. The van der Waals surface area contributed by atoms with Gasteiger partial charge in [-0.25, -0.2) is 0 Å². The van der Waals surface area contributed by atoms with Gasteiger partial charge in [-0.05, 0) is 25.0 Å². The summed E-state index contributed by atoms with van der Waals surface area (Å²) < 4.78 is 0. The van der Waals surface area contributed by atoms with Crippen LogP contribution < -0.4 is 0 Å². The number of rotatable bonds is 5. The molecular formula is C9H18O2S. The van der Waals surface area contributed by atoms with E-state index in [2.05, 4.69) is 0 Å². The third kappa shape index (κ3) is 3.33. The van der Waals surface area contributed by atoms with Gasteiger partial charge in [0, 0.05) is 12.4 Å². The number of aliphatic hydroxyl groups is 2. The van der Waals surface area contributed by atoms with Gasteiger partial charge in [0.05, 0.1) is 5.60 Å². The zero-order chi connectivity index (χ0) is 8.86. The minimum atomic E-state index is -0.375. The smallest absolute Gasteiger partial charge is 0.0737 e. The molecule has 72 valence electrons. The fraction of sp³-hybridized carbons (Fsp3) is 1.00. The normalized spacial score (nSPS) is 21.5. The van der Waals surface area contributed by atoms with Crippen molar-refractivity contribution in [2.75, 3.05) is 18.1 Å². The van der Waals surface area contributed by atoms with E-state index in [1.54, 1.807) is 11.8 Å². The van der Waals surface area contributed by atoms with Gasteiger partial charge in [0.25, 0.3) is 0 Å². The van der Waals surface area contributed by atoms with E-state index >= 15 is 0 Å². The van der Waals surface area contributed by atoms with Crippen LogP contribution in [0.1, 0.15) is 32.1 Å². The van der Waals surface area contributed by atoms with E-state index < -0.39 is 0 Å². The van der Waals surface area contributed by atoms with E-state index in [4.69, 9.17) is 5.11 Å². The first kappa shape index (κ1) is 10.4. The molecule has 0 spiro atoms. The maximum Gasteiger partial charge on any atom is 0.0737 e. The van der Waals surface area contributed by atoms with Gasteiger partial charge in [0.2, 0.25) is 0 Å². The molecule has 0 aliphatic heterocycles. The van der Waals surface area contributed by atoms with Crippen molar-refractivity contribution >= 4 is 11.8 Å². The highest BCUT2D eigenvalue weighted by Gasteiger charge is 2.30. The summed E-state index contributed by atoms with van der Waals surface area (Å²) in [5, 5.41) is 18.5. The van der Waals surface area contributed by atoms with Gasteiger partial charge in [-0.1, -0.05) is 12.8 Å². The predicted molar refractivity (Wildman–Crippen MR) is 52.4 cm³/mol. The van der Waals surface area contributed by atoms with Crippen LogP contribution in [-0.2, 0) is 0 Å². The average Bonchev–Trinajstić information content (AvgIpc) is 2.47. The van der Waals surface area contributed by atoms with Gasteiger partial charge in [0.1, 0.15) is 0 Å². The first-order valence-electron chi connectivity index (χ1n) is 4.68. The van der Waals surface area contributed by atoms with Crippen molar-refractivity contribution in [1.29, 1.82) is 0 Å². The van der Waals surface area contributed by atoms with Crippen molar-refractivity contribution in [2.45, 2.75) is 37.7 Å². The molecule has 3 heteroatoms. The van der Waals surface area contributed by atoms with Crippen LogP contribution in [-0.4, -0.2) is 33.9 Å². The number of thioether (sulfide) groups is 1. The molecule has 0 aromatic rings. The van der Waals surface area contributed by atoms with Crippen LogP contribution in [0.3, 0.4) is 0 Å². The molecule has 0 bridgehead atoms. The first-order chi connectivity index (χ1) is 5.77. The second-order valence-electron chi connectivity index (χ2n) is 3.56. The predicted octanol–water partition coefficient (Wildman–Crippen LogP) is 1.41. The molecule has 0 aromatic heterocycles. The SMILES string of the molecule is OCCCSCC1(O)CCCC1. The summed E-state index contributed by atoms with van der Waals surface area (Å²) >= 11 is 1.76. The molecule has 2 nitrogen and oxygen atoms in total. The van der Waals surface area contributed by atoms with Gasteiger partial charge >= 0.3 is 0 Å². The van der Waals surface area contributed by atoms with Crippen molar-refractivity contribution in [3.63, 3.8) is 0 Å². The summed E-state index contributed by atoms with van der Waals surface area (Å²) in [5.74, 6) is 1.83. The molecule has 0 heterocycles. The highest BCUT2D eigenvalue weighted by molar-refractivity contribution is 7.99. The second kappa shape index (κ2) is 5.10. The molecule has 0 saturated heterocycles. The highest BCUT2D eigenvalue weighted by Crippen LogP contribution is 2.32. The fourth-order valence-corrected chi connectivity index (χ4v) is 2.75. The Bertz CT molecular complexity index is 122. The first-order valence-corrected chi connectivity index (χ1v) is 5.83. The number of hydrogen-bond donors (Lipinski definition) is 2. The zero-order valence-corrected chi connectivity index (χ0v) is 8.28. The largest absolute Gasteiger partial charge is 0.396 e. The molecule has 0 radical (unpaired) electrons. The Morgan fingerprint density at radius 3 is 2.50 bits per heavy atom. The van der Waals surface area contributed by atoms with E-state index in [1.807, 2.05) is 0 Å². The van der Waals surface area contributed by atoms with E-state index in [1.165, 1.54) is 12.8 Å². The summed E-state index contributed by atoms with van der Waals surface area (Å²) in [6.07, 6.45) is 5.15. The lowest BCUT2D eigenvalue weighted by Crippen LogP contribution is -2.27. The van der Waals surface area contributed by atoms with Gasteiger partial charge in [0.15, 0.2) is 0 Å². The van der Waals surface area contributed by atoms with Crippen LogP contribution in [0.2, 0.25) is 0 Å². The molecule has 0 amide bonds. The lowest BCUT2D eigenvalue weighted by atomic mass is 10.1. The third-order valence-electron chi connectivity index (χ3n) is 2.35. The topological polar surface area (TPSA) is 40.5 Å². The number of hydrogen-bond acceptors (Lipinski definition) is 3. The van der Waals surface area contributed by atoms with Crippen molar-refractivity contribution in [3.8, 4) is 0 Å². The Balaban J connectivity index is 2.05. The summed E-state index contributed by atoms with van der Waals surface area (Å²) in [7, 11) is 0. The minimum absolute atomic E-state index is 0.269. The molecule has 1 aliphatic rings. The summed E-state index contributed by atoms with van der Waals surface area (Å²) in [6.45, 7) is 0.269. The van der Waals surface area contributed by atoms with E-state index in [-0.39, 0.29) is 12.2 Å². The minimum Gasteiger partial charge on any atom is -0.396 e. The lowest BCUT2D eigenvalue weighted by Gasteiger charge is -2.20. The monoisotopic (exact) mass is 190 g/mol. The Hall–Kier alpha value is 0.270. The zero-order valence-electron chi connectivity index (χ0n) is 7.46. The molecule has 1 aliphatic carbocycles. The second-order valence-corrected chi connectivity index (χ2v) is 4.67. The Kier molecular flexibility index (Phi) is 4.40. The highest BCUT2D eigenvalue weighted by atomic mass is 32.2. The fourth-order valence-electron chi connectivity index (χ4n) is 1.61. The molecule has 1 fully saturated rings. The van der Waals surface area contributed by atoms with Crippen molar-refractivity contribution < 1.29 is 10.2 Å². The number of aliphatic hydroxyl groups excluding tert-OH is 1. The van der Waals surface area contributed by atoms with Crippen LogP contribution >= 0.6 is 11.8 Å². The third-order valence-corrected chi connectivity index (χ3v) is 3.67. The molecule has 12 heavy (non-hydrogen) atoms. The lowest BCUT2D eigenvalue weighted by molar-refractivity contribution is 0.0732. The van der Waals surface area contributed by atoms with Crippen molar-refractivity contribution in [3.05, 3.63) is 0 Å². The summed E-state index contributed by atoms with van der Waals surface area (Å²) in [5.41, 5.74) is -0.375. The van der Waals surface area contributed by atoms with Gasteiger partial charge in [-0.3, -0.25) is 0 Å². The summed E-state index contributed by atoms with van der Waals surface area (Å²) in [6, 6.07) is 0. The molecular weight excluding hydrogens is 172 g/mol. The molecule has 0 atom stereocenters.